The van der Waals surface area contributed by atoms with Gasteiger partial charge in [0.25, 0.3) is 0 Å². The second kappa shape index (κ2) is 12.8. The molecule has 22 heavy (non-hydrogen) atoms. The van der Waals surface area contributed by atoms with Gasteiger partial charge in [-0.1, -0.05) is 58.8 Å². The Labute approximate surface area is 134 Å². The molecule has 0 radical (unpaired) electrons. The Morgan fingerprint density at radius 1 is 1.00 bits per heavy atom. The summed E-state index contributed by atoms with van der Waals surface area (Å²) in [5.74, 6) is -0.479. The van der Waals surface area contributed by atoms with Gasteiger partial charge in [-0.15, -0.1) is 0 Å². The van der Waals surface area contributed by atoms with E-state index in [1.165, 1.54) is 32.1 Å². The maximum atomic E-state index is 11.3. The Morgan fingerprint density at radius 3 is 2.23 bits per heavy atom. The lowest BCUT2D eigenvalue weighted by Gasteiger charge is -2.16. The van der Waals surface area contributed by atoms with Crippen molar-refractivity contribution in [1.29, 1.82) is 0 Å². The van der Waals surface area contributed by atoms with Crippen LogP contribution >= 0.6 is 0 Å². The summed E-state index contributed by atoms with van der Waals surface area (Å²) in [4.78, 5) is 11.3. The molecule has 0 aromatic heterocycles. The van der Waals surface area contributed by atoms with Crippen LogP contribution in [-0.4, -0.2) is 32.2 Å². The van der Waals surface area contributed by atoms with Crippen molar-refractivity contribution in [2.45, 2.75) is 71.6 Å². The second-order valence-corrected chi connectivity index (χ2v) is 6.68. The van der Waals surface area contributed by atoms with Gasteiger partial charge in [0.2, 0.25) is 0 Å². The van der Waals surface area contributed by atoms with Gasteiger partial charge in [-0.2, -0.15) is 8.42 Å². The SMILES string of the molecule is CCCCCCCCC(CCC)COC(=O)COS(=O)(=O)O. The molecule has 0 fully saturated rings. The highest BCUT2D eigenvalue weighted by Gasteiger charge is 2.14. The number of ether oxygens (including phenoxy) is 1. The molecule has 6 nitrogen and oxygen atoms in total. The van der Waals surface area contributed by atoms with E-state index in [0.717, 1.165) is 25.7 Å². The first-order valence-corrected chi connectivity index (χ1v) is 9.53. The Bertz CT molecular complexity index is 379. The van der Waals surface area contributed by atoms with Gasteiger partial charge in [0.05, 0.1) is 6.61 Å². The average molecular weight is 338 g/mol. The molecule has 0 bridgehead atoms. The minimum absolute atomic E-state index is 0.274. The summed E-state index contributed by atoms with van der Waals surface area (Å²) < 4.78 is 38.1. The fourth-order valence-electron chi connectivity index (χ4n) is 2.31. The summed E-state index contributed by atoms with van der Waals surface area (Å²) in [6.07, 6.45) is 10.3. The van der Waals surface area contributed by atoms with E-state index in [2.05, 4.69) is 18.0 Å². The van der Waals surface area contributed by atoms with Crippen LogP contribution in [0.2, 0.25) is 0 Å². The number of hydrogen-bond donors (Lipinski definition) is 1. The predicted molar refractivity (Wildman–Crippen MR) is 84.9 cm³/mol. The van der Waals surface area contributed by atoms with Crippen LogP contribution in [0.3, 0.4) is 0 Å². The van der Waals surface area contributed by atoms with Crippen LogP contribution in [-0.2, 0) is 24.1 Å². The van der Waals surface area contributed by atoms with Crippen molar-refractivity contribution in [3.63, 3.8) is 0 Å². The van der Waals surface area contributed by atoms with Crippen LogP contribution in [0.5, 0.6) is 0 Å². The van der Waals surface area contributed by atoms with E-state index in [4.69, 9.17) is 9.29 Å². The molecule has 0 heterocycles. The van der Waals surface area contributed by atoms with Crippen LogP contribution < -0.4 is 0 Å². The topological polar surface area (TPSA) is 89.9 Å². The van der Waals surface area contributed by atoms with Crippen molar-refractivity contribution in [1.82, 2.24) is 0 Å². The lowest BCUT2D eigenvalue weighted by Crippen LogP contribution is -2.20. The molecule has 0 saturated carbocycles. The van der Waals surface area contributed by atoms with Crippen LogP contribution in [0.25, 0.3) is 0 Å². The molecule has 0 rings (SSSR count). The zero-order chi connectivity index (χ0) is 16.8. The van der Waals surface area contributed by atoms with Gasteiger partial charge in [-0.05, 0) is 18.8 Å². The molecule has 0 spiro atoms. The maximum Gasteiger partial charge on any atom is 0.397 e. The van der Waals surface area contributed by atoms with Gasteiger partial charge in [0.15, 0.2) is 6.61 Å². The summed E-state index contributed by atoms with van der Waals surface area (Å²) >= 11 is 0. The molecule has 0 aliphatic carbocycles. The summed E-state index contributed by atoms with van der Waals surface area (Å²) in [6, 6.07) is 0. The Morgan fingerprint density at radius 2 is 1.64 bits per heavy atom. The molecule has 7 heteroatoms. The molecule has 0 amide bonds. The lowest BCUT2D eigenvalue weighted by molar-refractivity contribution is -0.147. The summed E-state index contributed by atoms with van der Waals surface area (Å²) in [5, 5.41) is 0. The Balaban J connectivity index is 3.85. The third kappa shape index (κ3) is 14.3. The van der Waals surface area contributed by atoms with E-state index in [9.17, 15) is 13.2 Å². The zero-order valence-electron chi connectivity index (χ0n) is 13.8. The normalized spacial score (nSPS) is 13.0. The van der Waals surface area contributed by atoms with E-state index in [1.54, 1.807) is 0 Å². The molecule has 1 atom stereocenters. The molecule has 0 aromatic carbocycles. The zero-order valence-corrected chi connectivity index (χ0v) is 14.6. The monoisotopic (exact) mass is 338 g/mol. The fraction of sp³-hybridized carbons (Fsp3) is 0.933. The van der Waals surface area contributed by atoms with Gasteiger partial charge in [-0.3, -0.25) is 4.55 Å². The first-order chi connectivity index (χ1) is 10.4. The lowest BCUT2D eigenvalue weighted by atomic mass is 9.97. The molecule has 0 aliphatic heterocycles. The van der Waals surface area contributed by atoms with Crippen molar-refractivity contribution in [2.24, 2.45) is 5.92 Å². The first-order valence-electron chi connectivity index (χ1n) is 8.16. The van der Waals surface area contributed by atoms with Crippen LogP contribution in [0.4, 0.5) is 0 Å². The van der Waals surface area contributed by atoms with E-state index < -0.39 is 23.0 Å². The number of carbonyl (C=O) groups excluding carboxylic acids is 1. The van der Waals surface area contributed by atoms with E-state index >= 15 is 0 Å². The van der Waals surface area contributed by atoms with Crippen molar-refractivity contribution >= 4 is 16.4 Å². The third-order valence-electron chi connectivity index (χ3n) is 3.47. The van der Waals surface area contributed by atoms with Gasteiger partial charge in [0.1, 0.15) is 0 Å². The largest absolute Gasteiger partial charge is 0.464 e. The number of carbonyl (C=O) groups is 1. The number of hydrogen-bond acceptors (Lipinski definition) is 5. The molecular formula is C15H30O6S. The standard InChI is InChI=1S/C15H30O6S/c1-3-5-6-7-8-9-11-14(10-4-2)12-20-15(16)13-21-22(17,18)19/h14H,3-13H2,1-2H3,(H,17,18,19). The molecule has 132 valence electrons. The van der Waals surface area contributed by atoms with Crippen molar-refractivity contribution in [3.8, 4) is 0 Å². The molecule has 0 aromatic rings. The quantitative estimate of drug-likeness (QED) is 0.296. The van der Waals surface area contributed by atoms with Crippen molar-refractivity contribution < 1.29 is 26.7 Å². The number of esters is 1. The minimum Gasteiger partial charge on any atom is -0.464 e. The van der Waals surface area contributed by atoms with E-state index in [1.807, 2.05) is 0 Å². The summed E-state index contributed by atoms with van der Waals surface area (Å²) in [6.45, 7) is 3.76. The number of unbranched alkanes of at least 4 members (excludes halogenated alkanes) is 5. The second-order valence-electron chi connectivity index (χ2n) is 5.58. The highest BCUT2D eigenvalue weighted by atomic mass is 32.3. The maximum absolute atomic E-state index is 11.3. The molecule has 0 saturated heterocycles. The van der Waals surface area contributed by atoms with Crippen LogP contribution in [0.1, 0.15) is 71.6 Å². The van der Waals surface area contributed by atoms with E-state index in [0.29, 0.717) is 5.92 Å². The summed E-state index contributed by atoms with van der Waals surface area (Å²) in [5.41, 5.74) is 0. The minimum atomic E-state index is -4.59. The average Bonchev–Trinajstić information content (AvgIpc) is 2.45. The van der Waals surface area contributed by atoms with Crippen molar-refractivity contribution in [3.05, 3.63) is 0 Å². The van der Waals surface area contributed by atoms with Gasteiger partial charge in [0, 0.05) is 0 Å². The number of rotatable bonds is 14. The Kier molecular flexibility index (Phi) is 12.5. The highest BCUT2D eigenvalue weighted by molar-refractivity contribution is 7.80. The first kappa shape index (κ1) is 21.3. The predicted octanol–water partition coefficient (Wildman–Crippen LogP) is 3.52. The van der Waals surface area contributed by atoms with Crippen LogP contribution in [0, 0.1) is 5.92 Å². The Hall–Kier alpha value is -0.660. The van der Waals surface area contributed by atoms with E-state index in [-0.39, 0.29) is 6.61 Å². The van der Waals surface area contributed by atoms with Crippen LogP contribution in [0.15, 0.2) is 0 Å². The van der Waals surface area contributed by atoms with Gasteiger partial charge >= 0.3 is 16.4 Å². The van der Waals surface area contributed by atoms with Crippen molar-refractivity contribution in [2.75, 3.05) is 13.2 Å². The molecule has 1 N–H and O–H groups in total. The smallest absolute Gasteiger partial charge is 0.397 e. The highest BCUT2D eigenvalue weighted by Crippen LogP contribution is 2.17. The molecule has 1 unspecified atom stereocenters. The van der Waals surface area contributed by atoms with Gasteiger partial charge < -0.3 is 4.74 Å². The fourth-order valence-corrected chi connectivity index (χ4v) is 2.55. The molecular weight excluding hydrogens is 308 g/mol. The third-order valence-corrected chi connectivity index (χ3v) is 3.88. The summed E-state index contributed by atoms with van der Waals surface area (Å²) in [7, 11) is -4.59. The van der Waals surface area contributed by atoms with Gasteiger partial charge in [-0.25, -0.2) is 8.98 Å². The molecule has 0 aliphatic rings.